The third-order valence-corrected chi connectivity index (χ3v) is 5.36. The molecule has 0 amide bonds. The van der Waals surface area contributed by atoms with Crippen molar-refractivity contribution in [2.24, 2.45) is 11.3 Å². The molecule has 1 saturated heterocycles. The Kier molecular flexibility index (Phi) is 5.62. The maximum absolute atomic E-state index is 10.7. The second-order valence-corrected chi connectivity index (χ2v) is 6.49. The lowest BCUT2D eigenvalue weighted by molar-refractivity contribution is -0.111. The summed E-state index contributed by atoms with van der Waals surface area (Å²) in [6.07, 6.45) is 14.7. The molecule has 1 heterocycles. The molecule has 2 rings (SSSR count). The quantitative estimate of drug-likeness (QED) is 0.582. The van der Waals surface area contributed by atoms with Gasteiger partial charge in [0.1, 0.15) is 6.29 Å². The summed E-state index contributed by atoms with van der Waals surface area (Å²) in [6.45, 7) is 4.77. The third kappa shape index (κ3) is 4.17. The van der Waals surface area contributed by atoms with Gasteiger partial charge in [0, 0.05) is 5.92 Å². The zero-order chi connectivity index (χ0) is 13.6. The summed E-state index contributed by atoms with van der Waals surface area (Å²) in [6, 6.07) is 0. The van der Waals surface area contributed by atoms with E-state index in [0.717, 1.165) is 25.5 Å². The van der Waals surface area contributed by atoms with Crippen LogP contribution in [0.1, 0.15) is 64.7 Å². The summed E-state index contributed by atoms with van der Waals surface area (Å²) < 4.78 is 0. The number of hydrogen-bond donors (Lipinski definition) is 1. The summed E-state index contributed by atoms with van der Waals surface area (Å²) in [5.41, 5.74) is 2.23. The van der Waals surface area contributed by atoms with E-state index in [2.05, 4.69) is 18.3 Å². The average Bonchev–Trinajstić information content (AvgIpc) is 2.49. The van der Waals surface area contributed by atoms with Crippen molar-refractivity contribution in [2.45, 2.75) is 64.7 Å². The second-order valence-electron chi connectivity index (χ2n) is 6.49. The molecule has 0 aromatic carbocycles. The van der Waals surface area contributed by atoms with E-state index < -0.39 is 0 Å². The third-order valence-electron chi connectivity index (χ3n) is 5.36. The molecule has 2 nitrogen and oxygen atoms in total. The van der Waals surface area contributed by atoms with Crippen molar-refractivity contribution in [2.75, 3.05) is 13.1 Å². The Bertz CT molecular complexity index is 315. The smallest absolute Gasteiger partial charge is 0.123 e. The Hall–Kier alpha value is -0.630. The average molecular weight is 263 g/mol. The first-order chi connectivity index (χ1) is 9.28. The van der Waals surface area contributed by atoms with Gasteiger partial charge in [-0.3, -0.25) is 0 Å². The predicted octanol–water partition coefficient (Wildman–Crippen LogP) is 3.86. The van der Waals surface area contributed by atoms with Crippen LogP contribution in [0.5, 0.6) is 0 Å². The molecule has 1 atom stereocenters. The largest absolute Gasteiger partial charge is 0.317 e. The lowest BCUT2D eigenvalue weighted by Gasteiger charge is -2.37. The fourth-order valence-electron chi connectivity index (χ4n) is 3.69. The van der Waals surface area contributed by atoms with Gasteiger partial charge in [-0.1, -0.05) is 25.0 Å². The van der Waals surface area contributed by atoms with Crippen molar-refractivity contribution in [3.8, 4) is 0 Å². The summed E-state index contributed by atoms with van der Waals surface area (Å²) >= 11 is 0. The Morgan fingerprint density at radius 2 is 2.21 bits per heavy atom. The molecule has 0 saturated carbocycles. The topological polar surface area (TPSA) is 29.1 Å². The molecule has 1 aliphatic carbocycles. The molecular weight excluding hydrogens is 234 g/mol. The van der Waals surface area contributed by atoms with E-state index in [1.807, 2.05) is 0 Å². The lowest BCUT2D eigenvalue weighted by atomic mass is 9.72. The van der Waals surface area contributed by atoms with Crippen LogP contribution in [0.4, 0.5) is 0 Å². The minimum atomic E-state index is 0.301. The molecule has 1 N–H and O–H groups in total. The number of hydrogen-bond acceptors (Lipinski definition) is 2. The van der Waals surface area contributed by atoms with Gasteiger partial charge in [-0.05, 0) is 69.9 Å². The molecule has 1 fully saturated rings. The molecule has 0 aromatic heterocycles. The molecule has 0 bridgehead atoms. The van der Waals surface area contributed by atoms with E-state index >= 15 is 0 Å². The zero-order valence-electron chi connectivity index (χ0n) is 12.4. The van der Waals surface area contributed by atoms with Crippen molar-refractivity contribution in [1.29, 1.82) is 0 Å². The maximum atomic E-state index is 10.7. The van der Waals surface area contributed by atoms with Crippen LogP contribution in [0.15, 0.2) is 11.6 Å². The number of rotatable bonds is 6. The van der Waals surface area contributed by atoms with Gasteiger partial charge in [-0.15, -0.1) is 0 Å². The number of carbonyl (C=O) groups is 1. The van der Waals surface area contributed by atoms with E-state index in [4.69, 9.17) is 0 Å². The highest BCUT2D eigenvalue weighted by molar-refractivity contribution is 5.54. The fourth-order valence-corrected chi connectivity index (χ4v) is 3.69. The molecule has 1 unspecified atom stereocenters. The Morgan fingerprint density at radius 1 is 1.42 bits per heavy atom. The monoisotopic (exact) mass is 263 g/mol. The Labute approximate surface area is 118 Å². The molecule has 0 aromatic rings. The molecule has 2 heteroatoms. The minimum Gasteiger partial charge on any atom is -0.317 e. The molecule has 0 spiro atoms. The first-order valence-electron chi connectivity index (χ1n) is 8.12. The number of aldehydes is 1. The van der Waals surface area contributed by atoms with E-state index in [1.165, 1.54) is 51.6 Å². The first-order valence-corrected chi connectivity index (χ1v) is 8.12. The van der Waals surface area contributed by atoms with Gasteiger partial charge in [0.25, 0.3) is 0 Å². The van der Waals surface area contributed by atoms with Crippen LogP contribution >= 0.6 is 0 Å². The minimum absolute atomic E-state index is 0.301. The summed E-state index contributed by atoms with van der Waals surface area (Å²) in [7, 11) is 0. The van der Waals surface area contributed by atoms with Gasteiger partial charge < -0.3 is 10.1 Å². The van der Waals surface area contributed by atoms with Crippen LogP contribution in [0.25, 0.3) is 0 Å². The zero-order valence-corrected chi connectivity index (χ0v) is 12.4. The highest BCUT2D eigenvalue weighted by Crippen LogP contribution is 2.38. The van der Waals surface area contributed by atoms with Crippen molar-refractivity contribution in [1.82, 2.24) is 5.32 Å². The van der Waals surface area contributed by atoms with Gasteiger partial charge in [0.15, 0.2) is 0 Å². The van der Waals surface area contributed by atoms with Crippen LogP contribution in [0, 0.1) is 11.3 Å². The molecule has 1 aliphatic heterocycles. The molecule has 2 aliphatic rings. The molecule has 108 valence electrons. The summed E-state index contributed by atoms with van der Waals surface area (Å²) in [5.74, 6) is 0.301. The van der Waals surface area contributed by atoms with Crippen molar-refractivity contribution < 1.29 is 4.79 Å². The van der Waals surface area contributed by atoms with E-state index in [-0.39, 0.29) is 0 Å². The Morgan fingerprint density at radius 3 is 2.79 bits per heavy atom. The first kappa shape index (κ1) is 14.8. The van der Waals surface area contributed by atoms with Crippen LogP contribution in [-0.2, 0) is 4.79 Å². The lowest BCUT2D eigenvalue weighted by Crippen LogP contribution is -2.36. The standard InChI is InChI=1S/C17H29NO/c1-2-17(10-12-18-13-11-17)9-3-4-15-5-7-16(14-19)8-6-15/h5,14,16,18H,2-4,6-13H2,1H3. The molecular formula is C17H29NO. The summed E-state index contributed by atoms with van der Waals surface area (Å²) in [5, 5.41) is 3.48. The van der Waals surface area contributed by atoms with E-state index in [0.29, 0.717) is 11.3 Å². The van der Waals surface area contributed by atoms with Crippen molar-refractivity contribution in [3.63, 3.8) is 0 Å². The second kappa shape index (κ2) is 7.23. The van der Waals surface area contributed by atoms with Crippen LogP contribution in [-0.4, -0.2) is 19.4 Å². The number of allylic oxidation sites excluding steroid dienone is 2. The van der Waals surface area contributed by atoms with E-state index in [1.54, 1.807) is 5.57 Å². The van der Waals surface area contributed by atoms with Gasteiger partial charge in [0.2, 0.25) is 0 Å². The van der Waals surface area contributed by atoms with Crippen LogP contribution in [0.2, 0.25) is 0 Å². The molecule has 19 heavy (non-hydrogen) atoms. The van der Waals surface area contributed by atoms with Crippen LogP contribution in [0.3, 0.4) is 0 Å². The molecule has 0 radical (unpaired) electrons. The normalized spacial score (nSPS) is 26.8. The maximum Gasteiger partial charge on any atom is 0.123 e. The van der Waals surface area contributed by atoms with Gasteiger partial charge in [0.05, 0.1) is 0 Å². The van der Waals surface area contributed by atoms with E-state index in [9.17, 15) is 4.79 Å². The van der Waals surface area contributed by atoms with Crippen molar-refractivity contribution in [3.05, 3.63) is 11.6 Å². The van der Waals surface area contributed by atoms with Gasteiger partial charge in [-0.25, -0.2) is 0 Å². The van der Waals surface area contributed by atoms with Crippen LogP contribution < -0.4 is 5.32 Å². The number of piperidine rings is 1. The van der Waals surface area contributed by atoms with Gasteiger partial charge in [-0.2, -0.15) is 0 Å². The number of carbonyl (C=O) groups excluding carboxylic acids is 1. The van der Waals surface area contributed by atoms with Gasteiger partial charge >= 0.3 is 0 Å². The highest BCUT2D eigenvalue weighted by Gasteiger charge is 2.29. The summed E-state index contributed by atoms with van der Waals surface area (Å²) in [4.78, 5) is 10.7. The van der Waals surface area contributed by atoms with Crippen molar-refractivity contribution >= 4 is 6.29 Å². The fraction of sp³-hybridized carbons (Fsp3) is 0.824. The highest BCUT2D eigenvalue weighted by atomic mass is 16.1. The SMILES string of the molecule is CCC1(CCCC2=CCC(C=O)CC2)CCNCC1. The predicted molar refractivity (Wildman–Crippen MR) is 80.2 cm³/mol. The Balaban J connectivity index is 1.73. The number of nitrogens with one attached hydrogen (secondary N) is 1.